The minimum atomic E-state index is -0.0177. The van der Waals surface area contributed by atoms with Crippen molar-refractivity contribution in [3.63, 3.8) is 0 Å². The molecule has 0 saturated carbocycles. The number of phenolic OH excluding ortho intramolecular Hbond substituents is 1. The van der Waals surface area contributed by atoms with Gasteiger partial charge in [-0.15, -0.1) is 0 Å². The van der Waals surface area contributed by atoms with Crippen molar-refractivity contribution in [1.82, 2.24) is 5.32 Å². The molecule has 1 amide bonds. The lowest BCUT2D eigenvalue weighted by Crippen LogP contribution is -2.30. The van der Waals surface area contributed by atoms with Gasteiger partial charge in [0.25, 0.3) is 0 Å². The van der Waals surface area contributed by atoms with Gasteiger partial charge in [0.2, 0.25) is 5.91 Å². The largest absolute Gasteiger partial charge is 0.505 e. The van der Waals surface area contributed by atoms with Crippen LogP contribution in [0.5, 0.6) is 5.75 Å². The van der Waals surface area contributed by atoms with Crippen LogP contribution in [0.3, 0.4) is 0 Å². The highest BCUT2D eigenvalue weighted by molar-refractivity contribution is 5.92. The predicted octanol–water partition coefficient (Wildman–Crippen LogP) is 2.73. The summed E-state index contributed by atoms with van der Waals surface area (Å²) >= 11 is 0. The Hall–Kier alpha value is -1.55. The topological polar surface area (TPSA) is 61.4 Å². The van der Waals surface area contributed by atoms with Gasteiger partial charge in [-0.3, -0.25) is 4.79 Å². The van der Waals surface area contributed by atoms with Crippen LogP contribution in [0.15, 0.2) is 12.1 Å². The second kappa shape index (κ2) is 6.75. The second-order valence-electron chi connectivity index (χ2n) is 5.78. The number of carbonyl (C=O) groups excluding carboxylic acids is 1. The van der Waals surface area contributed by atoms with E-state index in [2.05, 4.69) is 10.6 Å². The first-order chi connectivity index (χ1) is 9.56. The van der Waals surface area contributed by atoms with E-state index >= 15 is 0 Å². The molecule has 3 N–H and O–H groups in total. The summed E-state index contributed by atoms with van der Waals surface area (Å²) in [6.45, 7) is 5.91. The zero-order chi connectivity index (χ0) is 14.5. The number of rotatable bonds is 4. The third-order valence-electron chi connectivity index (χ3n) is 3.90. The van der Waals surface area contributed by atoms with Gasteiger partial charge in [-0.05, 0) is 69.3 Å². The number of benzene rings is 1. The van der Waals surface area contributed by atoms with Gasteiger partial charge in [-0.2, -0.15) is 0 Å². The molecule has 0 spiro atoms. The Balaban J connectivity index is 1.88. The molecule has 1 fully saturated rings. The molecular weight excluding hydrogens is 252 g/mol. The molecule has 1 saturated heterocycles. The van der Waals surface area contributed by atoms with E-state index in [9.17, 15) is 9.90 Å². The van der Waals surface area contributed by atoms with Gasteiger partial charge in [-0.1, -0.05) is 6.07 Å². The average Bonchev–Trinajstić information content (AvgIpc) is 2.43. The molecule has 0 aliphatic carbocycles. The van der Waals surface area contributed by atoms with E-state index in [0.29, 0.717) is 18.0 Å². The fourth-order valence-electron chi connectivity index (χ4n) is 2.77. The highest BCUT2D eigenvalue weighted by atomic mass is 16.3. The smallest absolute Gasteiger partial charge is 0.224 e. The molecule has 20 heavy (non-hydrogen) atoms. The molecule has 1 aliphatic rings. The van der Waals surface area contributed by atoms with E-state index in [0.717, 1.165) is 30.6 Å². The summed E-state index contributed by atoms with van der Waals surface area (Å²) in [5.74, 6) is 0.751. The number of phenols is 1. The number of piperidine rings is 1. The number of aryl methyl sites for hydroxylation is 2. The van der Waals surface area contributed by atoms with E-state index in [1.807, 2.05) is 26.0 Å². The zero-order valence-corrected chi connectivity index (χ0v) is 12.3. The molecule has 110 valence electrons. The van der Waals surface area contributed by atoms with Crippen LogP contribution in [-0.4, -0.2) is 24.1 Å². The lowest BCUT2D eigenvalue weighted by molar-refractivity contribution is -0.116. The van der Waals surface area contributed by atoms with Gasteiger partial charge in [0.1, 0.15) is 5.75 Å². The van der Waals surface area contributed by atoms with E-state index in [1.54, 1.807) is 0 Å². The second-order valence-corrected chi connectivity index (χ2v) is 5.78. The van der Waals surface area contributed by atoms with Crippen LogP contribution in [0.1, 0.15) is 36.8 Å². The third-order valence-corrected chi connectivity index (χ3v) is 3.90. The van der Waals surface area contributed by atoms with Gasteiger partial charge in [0.15, 0.2) is 0 Å². The van der Waals surface area contributed by atoms with Gasteiger partial charge >= 0.3 is 0 Å². The number of hydrogen-bond acceptors (Lipinski definition) is 3. The van der Waals surface area contributed by atoms with Crippen molar-refractivity contribution < 1.29 is 9.90 Å². The van der Waals surface area contributed by atoms with Gasteiger partial charge < -0.3 is 15.7 Å². The standard InChI is InChI=1S/C16H24N2O2/c1-11-8-12(2)16(20)14(9-11)18-15(19)6-5-13-4-3-7-17-10-13/h8-9,13,17,20H,3-7,10H2,1-2H3,(H,18,19). The third kappa shape index (κ3) is 3.97. The molecule has 1 aromatic rings. The van der Waals surface area contributed by atoms with E-state index in [1.165, 1.54) is 12.8 Å². The van der Waals surface area contributed by atoms with Crippen molar-refractivity contribution in [3.8, 4) is 5.75 Å². The number of hydrogen-bond donors (Lipinski definition) is 3. The SMILES string of the molecule is Cc1cc(C)c(O)c(NC(=O)CCC2CCCNC2)c1. The van der Waals surface area contributed by atoms with Gasteiger partial charge in [-0.25, -0.2) is 0 Å². The summed E-state index contributed by atoms with van der Waals surface area (Å²) in [6, 6.07) is 3.71. The molecule has 0 bridgehead atoms. The molecule has 2 rings (SSSR count). The van der Waals surface area contributed by atoms with Crippen LogP contribution in [0, 0.1) is 19.8 Å². The Morgan fingerprint density at radius 3 is 2.95 bits per heavy atom. The molecule has 0 radical (unpaired) electrons. The summed E-state index contributed by atoms with van der Waals surface area (Å²) in [6.07, 6.45) is 3.82. The Morgan fingerprint density at radius 2 is 2.25 bits per heavy atom. The summed E-state index contributed by atoms with van der Waals surface area (Å²) in [7, 11) is 0. The molecule has 1 aromatic carbocycles. The van der Waals surface area contributed by atoms with Crippen LogP contribution in [0.2, 0.25) is 0 Å². The maximum atomic E-state index is 12.0. The Kier molecular flexibility index (Phi) is 5.01. The molecular formula is C16H24N2O2. The number of aromatic hydroxyl groups is 1. The molecule has 4 nitrogen and oxygen atoms in total. The average molecular weight is 276 g/mol. The van der Waals surface area contributed by atoms with Crippen LogP contribution in [0.4, 0.5) is 5.69 Å². The summed E-state index contributed by atoms with van der Waals surface area (Å²) in [5.41, 5.74) is 2.35. The highest BCUT2D eigenvalue weighted by Gasteiger charge is 2.15. The van der Waals surface area contributed by atoms with Crippen molar-refractivity contribution in [2.45, 2.75) is 39.5 Å². The van der Waals surface area contributed by atoms with Crippen LogP contribution in [-0.2, 0) is 4.79 Å². The Bertz CT molecular complexity index is 480. The first kappa shape index (κ1) is 14.9. The molecule has 4 heteroatoms. The molecule has 1 aliphatic heterocycles. The summed E-state index contributed by atoms with van der Waals surface area (Å²) < 4.78 is 0. The normalized spacial score (nSPS) is 18.8. The van der Waals surface area contributed by atoms with E-state index in [-0.39, 0.29) is 11.7 Å². The van der Waals surface area contributed by atoms with Crippen molar-refractivity contribution in [3.05, 3.63) is 23.3 Å². The van der Waals surface area contributed by atoms with Crippen molar-refractivity contribution in [2.24, 2.45) is 5.92 Å². The first-order valence-electron chi connectivity index (χ1n) is 7.37. The zero-order valence-electron chi connectivity index (χ0n) is 12.3. The molecule has 1 unspecified atom stereocenters. The lowest BCUT2D eigenvalue weighted by Gasteiger charge is -2.22. The maximum absolute atomic E-state index is 12.0. The van der Waals surface area contributed by atoms with Crippen LogP contribution in [0.25, 0.3) is 0 Å². The monoisotopic (exact) mass is 276 g/mol. The minimum Gasteiger partial charge on any atom is -0.505 e. The van der Waals surface area contributed by atoms with Crippen molar-refractivity contribution >= 4 is 11.6 Å². The van der Waals surface area contributed by atoms with Crippen molar-refractivity contribution in [1.29, 1.82) is 0 Å². The summed E-state index contributed by atoms with van der Waals surface area (Å²) in [5, 5.41) is 16.1. The molecule has 0 aromatic heterocycles. The molecule has 1 heterocycles. The minimum absolute atomic E-state index is 0.0177. The van der Waals surface area contributed by atoms with Crippen LogP contribution >= 0.6 is 0 Å². The quantitative estimate of drug-likeness (QED) is 0.741. The fraction of sp³-hybridized carbons (Fsp3) is 0.562. The first-order valence-corrected chi connectivity index (χ1v) is 7.37. The molecule has 1 atom stereocenters. The van der Waals surface area contributed by atoms with E-state index in [4.69, 9.17) is 0 Å². The lowest BCUT2D eigenvalue weighted by atomic mass is 9.94. The Morgan fingerprint density at radius 1 is 1.45 bits per heavy atom. The van der Waals surface area contributed by atoms with Gasteiger partial charge in [0, 0.05) is 6.42 Å². The predicted molar refractivity (Wildman–Crippen MR) is 81.0 cm³/mol. The maximum Gasteiger partial charge on any atom is 0.224 e. The number of anilines is 1. The number of amides is 1. The van der Waals surface area contributed by atoms with E-state index < -0.39 is 0 Å². The van der Waals surface area contributed by atoms with Crippen molar-refractivity contribution in [2.75, 3.05) is 18.4 Å². The Labute approximate surface area is 120 Å². The number of nitrogens with one attached hydrogen (secondary N) is 2. The summed E-state index contributed by atoms with van der Waals surface area (Å²) in [4.78, 5) is 12.0. The fourth-order valence-corrected chi connectivity index (χ4v) is 2.77. The number of carbonyl (C=O) groups is 1. The van der Waals surface area contributed by atoms with Crippen LogP contribution < -0.4 is 10.6 Å². The highest BCUT2D eigenvalue weighted by Crippen LogP contribution is 2.29. The van der Waals surface area contributed by atoms with Gasteiger partial charge in [0.05, 0.1) is 5.69 Å².